The molecule has 0 saturated carbocycles. The van der Waals surface area contributed by atoms with Gasteiger partial charge in [-0.3, -0.25) is 9.59 Å². The number of carbonyl (C=O) groups is 2. The van der Waals surface area contributed by atoms with Gasteiger partial charge in [-0.05, 0) is 61.9 Å². The number of rotatable bonds is 7. The molecule has 2 heterocycles. The van der Waals surface area contributed by atoms with Gasteiger partial charge in [-0.25, -0.2) is 22.0 Å². The highest BCUT2D eigenvalue weighted by molar-refractivity contribution is 7.91. The first-order valence-corrected chi connectivity index (χ1v) is 14.6. The standard InChI is InChI=1S/C25H25N3O7S2/c1-16-2-4-18(5-3-16)24(29)28-22(25(30)27-19-12-13-36(31,32)15-19)14-20-8-11-23(35-20)17-6-9-21(10-7-17)37(26,33)34/h2-11,14,19H,12-13,15H2,1H3,(H,27,30)(H,28,29)(H2,26,33,34)/b22-14+. The van der Waals surface area contributed by atoms with E-state index in [0.29, 0.717) is 16.9 Å². The van der Waals surface area contributed by atoms with Gasteiger partial charge in [0.05, 0.1) is 16.4 Å². The predicted octanol–water partition coefficient (Wildman–Crippen LogP) is 1.98. The summed E-state index contributed by atoms with van der Waals surface area (Å²) in [7, 11) is -7.06. The van der Waals surface area contributed by atoms with Crippen molar-refractivity contribution in [1.82, 2.24) is 10.6 Å². The fourth-order valence-electron chi connectivity index (χ4n) is 3.77. The number of furan rings is 1. The molecule has 2 aromatic carbocycles. The summed E-state index contributed by atoms with van der Waals surface area (Å²) in [4.78, 5) is 25.8. The minimum atomic E-state index is -3.84. The number of carbonyl (C=O) groups excluding carboxylic acids is 2. The van der Waals surface area contributed by atoms with Crippen LogP contribution in [-0.2, 0) is 24.7 Å². The Morgan fingerprint density at radius 3 is 2.30 bits per heavy atom. The summed E-state index contributed by atoms with van der Waals surface area (Å²) in [6, 6.07) is 15.2. The largest absolute Gasteiger partial charge is 0.457 e. The maximum atomic E-state index is 13.0. The lowest BCUT2D eigenvalue weighted by Crippen LogP contribution is -2.41. The zero-order valence-corrected chi connectivity index (χ0v) is 21.4. The number of hydrogen-bond donors (Lipinski definition) is 3. The Balaban J connectivity index is 1.60. The van der Waals surface area contributed by atoms with Crippen molar-refractivity contribution in [1.29, 1.82) is 0 Å². The summed E-state index contributed by atoms with van der Waals surface area (Å²) in [6.07, 6.45) is 1.62. The number of amides is 2. The van der Waals surface area contributed by atoms with Gasteiger partial charge in [-0.15, -0.1) is 0 Å². The second-order valence-corrected chi connectivity index (χ2v) is 12.5. The lowest BCUT2D eigenvalue weighted by Gasteiger charge is -2.14. The highest BCUT2D eigenvalue weighted by atomic mass is 32.2. The smallest absolute Gasteiger partial charge is 0.268 e. The Bertz CT molecular complexity index is 1570. The molecule has 1 aromatic heterocycles. The number of aryl methyl sites for hydroxylation is 1. The van der Waals surface area contributed by atoms with Gasteiger partial charge in [-0.2, -0.15) is 0 Å². The molecule has 1 aliphatic rings. The van der Waals surface area contributed by atoms with Gasteiger partial charge < -0.3 is 15.1 Å². The second-order valence-electron chi connectivity index (χ2n) is 8.72. The molecule has 1 unspecified atom stereocenters. The van der Waals surface area contributed by atoms with E-state index in [0.717, 1.165) is 5.56 Å². The van der Waals surface area contributed by atoms with Crippen LogP contribution in [0.15, 0.2) is 75.7 Å². The lowest BCUT2D eigenvalue weighted by atomic mass is 10.1. The van der Waals surface area contributed by atoms with Gasteiger partial charge in [0.1, 0.15) is 17.2 Å². The van der Waals surface area contributed by atoms with E-state index in [1.807, 2.05) is 6.92 Å². The average Bonchev–Trinajstić information content (AvgIpc) is 3.44. The summed E-state index contributed by atoms with van der Waals surface area (Å²) in [6.45, 7) is 1.88. The second kappa shape index (κ2) is 10.3. The van der Waals surface area contributed by atoms with Gasteiger partial charge in [-0.1, -0.05) is 17.7 Å². The highest BCUT2D eigenvalue weighted by Gasteiger charge is 2.30. The molecule has 194 valence electrons. The molecular formula is C25H25N3O7S2. The molecule has 0 radical (unpaired) electrons. The quantitative estimate of drug-likeness (QED) is 0.383. The Hall–Kier alpha value is -3.74. The minimum absolute atomic E-state index is 0.0154. The molecule has 4 N–H and O–H groups in total. The normalized spacial score (nSPS) is 17.4. The van der Waals surface area contributed by atoms with Gasteiger partial charge in [0, 0.05) is 23.2 Å². The third-order valence-corrected chi connectivity index (χ3v) is 8.45. The van der Waals surface area contributed by atoms with Crippen molar-refractivity contribution in [2.24, 2.45) is 5.14 Å². The van der Waals surface area contributed by atoms with E-state index in [4.69, 9.17) is 9.56 Å². The molecule has 0 spiro atoms. The third kappa shape index (κ3) is 6.73. The number of hydrogen-bond acceptors (Lipinski definition) is 7. The lowest BCUT2D eigenvalue weighted by molar-refractivity contribution is -0.118. The minimum Gasteiger partial charge on any atom is -0.457 e. The first kappa shape index (κ1) is 26.3. The molecule has 12 heteroatoms. The van der Waals surface area contributed by atoms with E-state index in [-0.39, 0.29) is 34.3 Å². The molecule has 1 atom stereocenters. The van der Waals surface area contributed by atoms with E-state index in [9.17, 15) is 26.4 Å². The van der Waals surface area contributed by atoms with E-state index < -0.39 is 37.7 Å². The van der Waals surface area contributed by atoms with Gasteiger partial charge in [0.25, 0.3) is 11.8 Å². The van der Waals surface area contributed by atoms with Crippen LogP contribution in [0.25, 0.3) is 17.4 Å². The fourth-order valence-corrected chi connectivity index (χ4v) is 5.96. The van der Waals surface area contributed by atoms with Crippen molar-refractivity contribution in [2.45, 2.75) is 24.3 Å². The van der Waals surface area contributed by atoms with Crippen LogP contribution in [0.1, 0.15) is 28.1 Å². The maximum Gasteiger partial charge on any atom is 0.268 e. The Labute approximate surface area is 214 Å². The van der Waals surface area contributed by atoms with Crippen LogP contribution < -0.4 is 15.8 Å². The summed E-state index contributed by atoms with van der Waals surface area (Å²) in [5.41, 5.74) is 1.74. The monoisotopic (exact) mass is 543 g/mol. The van der Waals surface area contributed by atoms with Crippen molar-refractivity contribution in [3.05, 3.63) is 83.2 Å². The zero-order valence-electron chi connectivity index (χ0n) is 19.8. The van der Waals surface area contributed by atoms with Crippen molar-refractivity contribution in [2.75, 3.05) is 11.5 Å². The summed E-state index contributed by atoms with van der Waals surface area (Å²) < 4.78 is 52.3. The van der Waals surface area contributed by atoms with Crippen molar-refractivity contribution in [3.63, 3.8) is 0 Å². The Morgan fingerprint density at radius 2 is 1.70 bits per heavy atom. The molecule has 1 saturated heterocycles. The van der Waals surface area contributed by atoms with E-state index in [1.165, 1.54) is 30.3 Å². The summed E-state index contributed by atoms with van der Waals surface area (Å²) >= 11 is 0. The number of sulfone groups is 1. The Kier molecular flexibility index (Phi) is 7.35. The van der Waals surface area contributed by atoms with Crippen LogP contribution in [0.4, 0.5) is 0 Å². The molecule has 37 heavy (non-hydrogen) atoms. The van der Waals surface area contributed by atoms with Crippen LogP contribution >= 0.6 is 0 Å². The molecule has 1 aliphatic heterocycles. The number of nitrogens with two attached hydrogens (primary N) is 1. The molecule has 3 aromatic rings. The molecule has 2 amide bonds. The number of primary sulfonamides is 1. The van der Waals surface area contributed by atoms with Crippen molar-refractivity contribution < 1.29 is 30.8 Å². The van der Waals surface area contributed by atoms with Gasteiger partial charge in [0.15, 0.2) is 9.84 Å². The summed E-state index contributed by atoms with van der Waals surface area (Å²) in [5, 5.41) is 10.4. The molecular weight excluding hydrogens is 518 g/mol. The molecule has 0 aliphatic carbocycles. The number of sulfonamides is 1. The van der Waals surface area contributed by atoms with Crippen LogP contribution in [0, 0.1) is 6.92 Å². The molecule has 0 bridgehead atoms. The predicted molar refractivity (Wildman–Crippen MR) is 137 cm³/mol. The van der Waals surface area contributed by atoms with E-state index in [1.54, 1.807) is 36.4 Å². The van der Waals surface area contributed by atoms with E-state index in [2.05, 4.69) is 10.6 Å². The zero-order chi connectivity index (χ0) is 26.8. The number of benzene rings is 2. The highest BCUT2D eigenvalue weighted by Crippen LogP contribution is 2.25. The average molecular weight is 544 g/mol. The maximum absolute atomic E-state index is 13.0. The SMILES string of the molecule is Cc1ccc(C(=O)N/C(=C/c2ccc(-c3ccc(S(N)(=O)=O)cc3)o2)C(=O)NC2CCS(=O)(=O)C2)cc1. The van der Waals surface area contributed by atoms with Gasteiger partial charge >= 0.3 is 0 Å². The van der Waals surface area contributed by atoms with Crippen LogP contribution in [0.3, 0.4) is 0 Å². The Morgan fingerprint density at radius 1 is 1.03 bits per heavy atom. The van der Waals surface area contributed by atoms with Crippen LogP contribution in [0.5, 0.6) is 0 Å². The topological polar surface area (TPSA) is 166 Å². The fraction of sp³-hybridized carbons (Fsp3) is 0.200. The molecule has 4 rings (SSSR count). The molecule has 10 nitrogen and oxygen atoms in total. The molecule has 1 fully saturated rings. The van der Waals surface area contributed by atoms with Crippen LogP contribution in [-0.4, -0.2) is 46.2 Å². The van der Waals surface area contributed by atoms with Crippen LogP contribution in [0.2, 0.25) is 0 Å². The first-order valence-electron chi connectivity index (χ1n) is 11.2. The third-order valence-electron chi connectivity index (χ3n) is 5.75. The van der Waals surface area contributed by atoms with Crippen molar-refractivity contribution in [3.8, 4) is 11.3 Å². The summed E-state index contributed by atoms with van der Waals surface area (Å²) in [5.74, 6) is -0.739. The van der Waals surface area contributed by atoms with E-state index >= 15 is 0 Å². The van der Waals surface area contributed by atoms with Gasteiger partial charge in [0.2, 0.25) is 10.0 Å². The number of nitrogens with one attached hydrogen (secondary N) is 2. The first-order chi connectivity index (χ1) is 17.4. The van der Waals surface area contributed by atoms with Crippen molar-refractivity contribution >= 4 is 37.8 Å².